The van der Waals surface area contributed by atoms with Gasteiger partial charge < -0.3 is 9.47 Å². The summed E-state index contributed by atoms with van der Waals surface area (Å²) in [5.41, 5.74) is 1.52. The highest BCUT2D eigenvalue weighted by atomic mass is 16.5. The summed E-state index contributed by atoms with van der Waals surface area (Å²) in [6, 6.07) is 0. The first-order chi connectivity index (χ1) is 11.9. The predicted octanol–water partition coefficient (Wildman–Crippen LogP) is 6.37. The van der Waals surface area contributed by atoms with Crippen molar-refractivity contribution in [1.29, 1.82) is 0 Å². The van der Waals surface area contributed by atoms with Crippen LogP contribution in [0.5, 0.6) is 0 Å². The van der Waals surface area contributed by atoms with Gasteiger partial charge in [0.05, 0.1) is 12.2 Å². The summed E-state index contributed by atoms with van der Waals surface area (Å²) < 4.78 is 11.7. The molecule has 4 unspecified atom stereocenters. The van der Waals surface area contributed by atoms with Crippen LogP contribution in [0.2, 0.25) is 0 Å². The zero-order valence-electron chi connectivity index (χ0n) is 17.3. The van der Waals surface area contributed by atoms with Crippen LogP contribution in [0.4, 0.5) is 0 Å². The van der Waals surface area contributed by atoms with Crippen LogP contribution in [-0.4, -0.2) is 25.4 Å². The zero-order valence-corrected chi connectivity index (χ0v) is 17.3. The van der Waals surface area contributed by atoms with E-state index in [0.717, 1.165) is 42.3 Å². The number of hydrogen-bond acceptors (Lipinski definition) is 2. The van der Waals surface area contributed by atoms with Gasteiger partial charge in [-0.05, 0) is 93.3 Å². The van der Waals surface area contributed by atoms with E-state index in [1.807, 2.05) is 0 Å². The topological polar surface area (TPSA) is 18.5 Å². The number of ether oxygens (including phenoxy) is 2. The first-order valence-electron chi connectivity index (χ1n) is 11.1. The molecule has 5 aliphatic rings. The molecule has 5 fully saturated rings. The van der Waals surface area contributed by atoms with Crippen molar-refractivity contribution in [3.8, 4) is 0 Å². The van der Waals surface area contributed by atoms with Crippen molar-refractivity contribution in [2.45, 2.75) is 111 Å². The molecule has 2 aliphatic heterocycles. The van der Waals surface area contributed by atoms with E-state index in [0.29, 0.717) is 12.2 Å². The van der Waals surface area contributed by atoms with Crippen molar-refractivity contribution >= 4 is 0 Å². The Labute approximate surface area is 156 Å². The molecule has 0 spiro atoms. The normalized spacial score (nSPS) is 47.0. The minimum Gasteiger partial charge on any atom is -0.378 e. The third-order valence-electron chi connectivity index (χ3n) is 7.72. The molecule has 0 N–H and O–H groups in total. The van der Waals surface area contributed by atoms with E-state index >= 15 is 0 Å². The lowest BCUT2D eigenvalue weighted by Crippen LogP contribution is -2.37. The molecule has 3 aliphatic carbocycles. The van der Waals surface area contributed by atoms with Crippen molar-refractivity contribution in [3.05, 3.63) is 0 Å². The minimum atomic E-state index is 0.472. The molecular formula is C23H42O2. The van der Waals surface area contributed by atoms with E-state index in [1.54, 1.807) is 0 Å². The summed E-state index contributed by atoms with van der Waals surface area (Å²) in [4.78, 5) is 0. The van der Waals surface area contributed by atoms with Crippen LogP contribution in [0.3, 0.4) is 0 Å². The van der Waals surface area contributed by atoms with Crippen LogP contribution in [-0.2, 0) is 9.47 Å². The molecule has 0 aromatic heterocycles. The highest BCUT2D eigenvalue weighted by Gasteiger charge is 2.42. The molecule has 2 bridgehead atoms. The van der Waals surface area contributed by atoms with E-state index in [4.69, 9.17) is 9.47 Å². The van der Waals surface area contributed by atoms with Crippen molar-refractivity contribution in [3.63, 3.8) is 0 Å². The lowest BCUT2D eigenvalue weighted by atomic mass is 9.55. The maximum atomic E-state index is 5.84. The third kappa shape index (κ3) is 5.70. The maximum Gasteiger partial charge on any atom is 0.0600 e. The third-order valence-corrected chi connectivity index (χ3v) is 7.72. The molecule has 146 valence electrons. The van der Waals surface area contributed by atoms with Crippen molar-refractivity contribution in [1.82, 2.24) is 0 Å². The van der Waals surface area contributed by atoms with Crippen molar-refractivity contribution < 1.29 is 9.47 Å². The second kappa shape index (κ2) is 8.30. The number of hydrogen-bond donors (Lipinski definition) is 0. The van der Waals surface area contributed by atoms with Gasteiger partial charge in [-0.2, -0.15) is 0 Å². The van der Waals surface area contributed by atoms with Gasteiger partial charge in [-0.25, -0.2) is 0 Å². The average Bonchev–Trinajstić information content (AvgIpc) is 2.61. The molecule has 2 heterocycles. The first-order valence-corrected chi connectivity index (χ1v) is 11.1. The Balaban J connectivity index is 0.000000157. The second-order valence-electron chi connectivity index (χ2n) is 10.6. The van der Waals surface area contributed by atoms with Gasteiger partial charge in [0.15, 0.2) is 0 Å². The molecule has 2 nitrogen and oxygen atoms in total. The zero-order chi connectivity index (χ0) is 17.9. The highest BCUT2D eigenvalue weighted by molar-refractivity contribution is 4.94. The van der Waals surface area contributed by atoms with Gasteiger partial charge in [0, 0.05) is 13.2 Å². The SMILES string of the molecule is CC12CCC(C)(CC1)CC2.CC1CCC(CC2CCC(C)CO2)OC1. The van der Waals surface area contributed by atoms with Crippen LogP contribution in [0.15, 0.2) is 0 Å². The van der Waals surface area contributed by atoms with Gasteiger partial charge in [-0.15, -0.1) is 0 Å². The maximum absolute atomic E-state index is 5.84. The van der Waals surface area contributed by atoms with Gasteiger partial charge >= 0.3 is 0 Å². The van der Waals surface area contributed by atoms with Crippen LogP contribution < -0.4 is 0 Å². The lowest BCUT2D eigenvalue weighted by molar-refractivity contribution is -0.0727. The van der Waals surface area contributed by atoms with Crippen LogP contribution in [0, 0.1) is 22.7 Å². The number of fused-ring (bicyclic) bond motifs is 3. The Morgan fingerprint density at radius 1 is 0.640 bits per heavy atom. The summed E-state index contributed by atoms with van der Waals surface area (Å²) in [5.74, 6) is 1.52. The Hall–Kier alpha value is -0.0800. The van der Waals surface area contributed by atoms with E-state index in [1.165, 1.54) is 64.2 Å². The molecule has 5 rings (SSSR count). The number of rotatable bonds is 2. The molecule has 0 aromatic rings. The van der Waals surface area contributed by atoms with Gasteiger partial charge in [0.25, 0.3) is 0 Å². The molecular weight excluding hydrogens is 308 g/mol. The average molecular weight is 351 g/mol. The van der Waals surface area contributed by atoms with Gasteiger partial charge in [0.1, 0.15) is 0 Å². The molecule has 0 amide bonds. The quantitative estimate of drug-likeness (QED) is 0.576. The van der Waals surface area contributed by atoms with E-state index in [9.17, 15) is 0 Å². The fourth-order valence-electron chi connectivity index (χ4n) is 5.10. The van der Waals surface area contributed by atoms with Crippen LogP contribution in [0.25, 0.3) is 0 Å². The molecule has 0 radical (unpaired) electrons. The van der Waals surface area contributed by atoms with Crippen molar-refractivity contribution in [2.75, 3.05) is 13.2 Å². The summed E-state index contributed by atoms with van der Waals surface area (Å²) in [6.45, 7) is 11.4. The summed E-state index contributed by atoms with van der Waals surface area (Å²) in [7, 11) is 0. The summed E-state index contributed by atoms with van der Waals surface area (Å²) >= 11 is 0. The first kappa shape index (κ1) is 19.7. The molecule has 3 saturated carbocycles. The van der Waals surface area contributed by atoms with Crippen molar-refractivity contribution in [2.24, 2.45) is 22.7 Å². The smallest absolute Gasteiger partial charge is 0.0600 e. The fourth-order valence-corrected chi connectivity index (χ4v) is 5.10. The molecule has 4 atom stereocenters. The molecule has 25 heavy (non-hydrogen) atoms. The Morgan fingerprint density at radius 2 is 1.00 bits per heavy atom. The summed E-state index contributed by atoms with van der Waals surface area (Å²) in [6.07, 6.45) is 16.2. The standard InChI is InChI=1S/C13H24O2.C10H18/c1-10-3-5-12(14-8-10)7-13-6-4-11(2)9-15-13;1-9-3-6-10(2,7-4-9)8-5-9/h10-13H,3-9H2,1-2H3;3-8H2,1-2H3. The largest absolute Gasteiger partial charge is 0.378 e. The van der Waals surface area contributed by atoms with Gasteiger partial charge in [-0.3, -0.25) is 0 Å². The monoisotopic (exact) mass is 350 g/mol. The predicted molar refractivity (Wildman–Crippen MR) is 105 cm³/mol. The van der Waals surface area contributed by atoms with E-state index < -0.39 is 0 Å². The fraction of sp³-hybridized carbons (Fsp3) is 1.00. The van der Waals surface area contributed by atoms with Gasteiger partial charge in [0.2, 0.25) is 0 Å². The Bertz CT molecular complexity index is 340. The Morgan fingerprint density at radius 3 is 1.28 bits per heavy atom. The van der Waals surface area contributed by atoms with Crippen LogP contribution >= 0.6 is 0 Å². The highest BCUT2D eigenvalue weighted by Crippen LogP contribution is 2.56. The lowest BCUT2D eigenvalue weighted by Gasteiger charge is -2.50. The van der Waals surface area contributed by atoms with E-state index in [-0.39, 0.29) is 0 Å². The minimum absolute atomic E-state index is 0.472. The molecule has 2 saturated heterocycles. The Kier molecular flexibility index (Phi) is 6.53. The molecule has 0 aromatic carbocycles. The van der Waals surface area contributed by atoms with Gasteiger partial charge in [-0.1, -0.05) is 27.7 Å². The molecule has 2 heteroatoms. The summed E-state index contributed by atoms with van der Waals surface area (Å²) in [5, 5.41) is 0. The van der Waals surface area contributed by atoms with Crippen LogP contribution in [0.1, 0.15) is 98.3 Å². The van der Waals surface area contributed by atoms with E-state index in [2.05, 4.69) is 27.7 Å². The second-order valence-corrected chi connectivity index (χ2v) is 10.6.